The average molecular weight is 370 g/mol. The summed E-state index contributed by atoms with van der Waals surface area (Å²) in [6, 6.07) is 9.93. The van der Waals surface area contributed by atoms with E-state index in [2.05, 4.69) is 9.98 Å². The van der Waals surface area contributed by atoms with Crippen LogP contribution in [0.4, 0.5) is 4.39 Å². The zero-order valence-electron chi connectivity index (χ0n) is 13.7. The van der Waals surface area contributed by atoms with Gasteiger partial charge >= 0.3 is 5.97 Å². The van der Waals surface area contributed by atoms with Gasteiger partial charge in [0.15, 0.2) is 5.69 Å². The summed E-state index contributed by atoms with van der Waals surface area (Å²) in [5.41, 5.74) is 3.56. The quantitative estimate of drug-likeness (QED) is 0.733. The van der Waals surface area contributed by atoms with E-state index in [4.69, 9.17) is 11.6 Å². The first-order valence-electron chi connectivity index (χ1n) is 7.86. The van der Waals surface area contributed by atoms with Crippen molar-refractivity contribution in [2.75, 3.05) is 0 Å². The van der Waals surface area contributed by atoms with Crippen LogP contribution in [-0.2, 0) is 6.54 Å². The van der Waals surface area contributed by atoms with Gasteiger partial charge < -0.3 is 5.11 Å². The van der Waals surface area contributed by atoms with E-state index in [-0.39, 0.29) is 12.2 Å². The standard InChI is InChI=1S/C19H13ClFN3O2/c1-10-23-18(19(25)26)17-9-22-8-13-4-11(2-3-16(13)24(10)17)12-5-14(20)7-15(21)6-12/h2-8H,9H2,1H3,(H,25,26). The van der Waals surface area contributed by atoms with Crippen LogP contribution in [0.25, 0.3) is 16.8 Å². The van der Waals surface area contributed by atoms with Gasteiger partial charge in [-0.3, -0.25) is 9.56 Å². The van der Waals surface area contributed by atoms with Crippen molar-refractivity contribution >= 4 is 23.8 Å². The molecular formula is C19H13ClFN3O2. The Kier molecular flexibility index (Phi) is 3.85. The summed E-state index contributed by atoms with van der Waals surface area (Å²) in [6.45, 7) is 1.98. The molecule has 1 aliphatic rings. The van der Waals surface area contributed by atoms with Gasteiger partial charge in [0.1, 0.15) is 11.6 Å². The second-order valence-corrected chi connectivity index (χ2v) is 6.43. The van der Waals surface area contributed by atoms with Gasteiger partial charge in [-0.25, -0.2) is 14.2 Å². The number of fused-ring (bicyclic) bond motifs is 3. The molecule has 2 heterocycles. The summed E-state index contributed by atoms with van der Waals surface area (Å²) < 4.78 is 15.5. The van der Waals surface area contributed by atoms with Crippen molar-refractivity contribution in [2.24, 2.45) is 4.99 Å². The Morgan fingerprint density at radius 3 is 2.77 bits per heavy atom. The number of aliphatic imine (C=N–C) groups is 1. The van der Waals surface area contributed by atoms with E-state index in [0.29, 0.717) is 22.1 Å². The predicted molar refractivity (Wildman–Crippen MR) is 97.0 cm³/mol. The molecule has 0 bridgehead atoms. The third-order valence-electron chi connectivity index (χ3n) is 4.28. The van der Waals surface area contributed by atoms with Crippen molar-refractivity contribution in [1.82, 2.24) is 9.55 Å². The van der Waals surface area contributed by atoms with E-state index in [1.54, 1.807) is 23.8 Å². The first-order valence-corrected chi connectivity index (χ1v) is 8.24. The lowest BCUT2D eigenvalue weighted by Crippen LogP contribution is -2.06. The molecule has 7 heteroatoms. The van der Waals surface area contributed by atoms with Crippen LogP contribution in [0.3, 0.4) is 0 Å². The largest absolute Gasteiger partial charge is 0.476 e. The molecule has 130 valence electrons. The molecular weight excluding hydrogens is 357 g/mol. The SMILES string of the molecule is Cc1nc(C(=O)O)c2n1-c1ccc(-c3cc(F)cc(Cl)c3)cc1C=NC2. The summed E-state index contributed by atoms with van der Waals surface area (Å²) in [4.78, 5) is 19.9. The Bertz CT molecular complexity index is 1070. The molecule has 0 unspecified atom stereocenters. The highest BCUT2D eigenvalue weighted by atomic mass is 35.5. The summed E-state index contributed by atoms with van der Waals surface area (Å²) >= 11 is 5.96. The maximum Gasteiger partial charge on any atom is 0.356 e. The predicted octanol–water partition coefficient (Wildman–Crippen LogP) is 4.27. The van der Waals surface area contributed by atoms with Gasteiger partial charge in [0.25, 0.3) is 0 Å². The number of carboxylic acid groups (broad SMARTS) is 1. The monoisotopic (exact) mass is 369 g/mol. The fourth-order valence-electron chi connectivity index (χ4n) is 3.21. The fourth-order valence-corrected chi connectivity index (χ4v) is 3.43. The van der Waals surface area contributed by atoms with Crippen LogP contribution in [0.5, 0.6) is 0 Å². The van der Waals surface area contributed by atoms with E-state index in [1.165, 1.54) is 12.1 Å². The Labute approximate surface area is 153 Å². The number of nitrogens with zero attached hydrogens (tertiary/aromatic N) is 3. The van der Waals surface area contributed by atoms with Crippen LogP contribution in [0.2, 0.25) is 5.02 Å². The maximum absolute atomic E-state index is 13.7. The van der Waals surface area contributed by atoms with E-state index in [1.807, 2.05) is 18.2 Å². The molecule has 2 aromatic carbocycles. The number of imidazole rings is 1. The third-order valence-corrected chi connectivity index (χ3v) is 4.50. The number of hydrogen-bond acceptors (Lipinski definition) is 3. The first-order chi connectivity index (χ1) is 12.4. The summed E-state index contributed by atoms with van der Waals surface area (Å²) in [5, 5.41) is 9.68. The van der Waals surface area contributed by atoms with Crippen molar-refractivity contribution in [1.29, 1.82) is 0 Å². The van der Waals surface area contributed by atoms with E-state index >= 15 is 0 Å². The molecule has 0 amide bonds. The molecule has 0 radical (unpaired) electrons. The van der Waals surface area contributed by atoms with Crippen LogP contribution in [0.15, 0.2) is 41.4 Å². The average Bonchev–Trinajstić information content (AvgIpc) is 2.79. The Morgan fingerprint density at radius 2 is 2.04 bits per heavy atom. The molecule has 0 aliphatic carbocycles. The van der Waals surface area contributed by atoms with E-state index in [9.17, 15) is 14.3 Å². The minimum atomic E-state index is -1.08. The molecule has 4 rings (SSSR count). The van der Waals surface area contributed by atoms with Gasteiger partial charge in [0.2, 0.25) is 0 Å². The number of aromatic nitrogens is 2. The highest BCUT2D eigenvalue weighted by Crippen LogP contribution is 2.30. The smallest absolute Gasteiger partial charge is 0.356 e. The number of aromatic carboxylic acids is 1. The van der Waals surface area contributed by atoms with Crippen molar-refractivity contribution in [3.8, 4) is 16.8 Å². The topological polar surface area (TPSA) is 67.5 Å². The van der Waals surface area contributed by atoms with Gasteiger partial charge in [-0.05, 0) is 48.4 Å². The molecule has 1 aliphatic heterocycles. The van der Waals surface area contributed by atoms with Gasteiger partial charge in [0.05, 0.1) is 17.9 Å². The second kappa shape index (κ2) is 6.07. The minimum Gasteiger partial charge on any atom is -0.476 e. The van der Waals surface area contributed by atoms with Crippen molar-refractivity contribution < 1.29 is 14.3 Å². The number of aryl methyl sites for hydroxylation is 1. The van der Waals surface area contributed by atoms with E-state index in [0.717, 1.165) is 16.8 Å². The molecule has 5 nitrogen and oxygen atoms in total. The highest BCUT2D eigenvalue weighted by Gasteiger charge is 2.23. The third kappa shape index (κ3) is 2.68. The van der Waals surface area contributed by atoms with Crippen LogP contribution < -0.4 is 0 Å². The molecule has 3 aromatic rings. The van der Waals surface area contributed by atoms with Crippen molar-refractivity contribution in [3.05, 3.63) is 70.0 Å². The number of carboxylic acids is 1. The second-order valence-electron chi connectivity index (χ2n) is 6.00. The summed E-state index contributed by atoms with van der Waals surface area (Å²) in [5.74, 6) is -0.910. The lowest BCUT2D eigenvalue weighted by molar-refractivity contribution is 0.0689. The van der Waals surface area contributed by atoms with Gasteiger partial charge in [-0.2, -0.15) is 0 Å². The van der Waals surface area contributed by atoms with Crippen LogP contribution >= 0.6 is 11.6 Å². The number of rotatable bonds is 2. The minimum absolute atomic E-state index is 0.00786. The molecule has 0 fully saturated rings. The molecule has 0 atom stereocenters. The number of carbonyl (C=O) groups is 1. The van der Waals surface area contributed by atoms with Crippen LogP contribution in [-0.4, -0.2) is 26.8 Å². The lowest BCUT2D eigenvalue weighted by atomic mass is 10.0. The fraction of sp³-hybridized carbons (Fsp3) is 0.105. The Hall–Kier alpha value is -2.99. The zero-order valence-corrected chi connectivity index (χ0v) is 14.5. The molecule has 1 N–H and O–H groups in total. The van der Waals surface area contributed by atoms with E-state index < -0.39 is 11.8 Å². The molecule has 1 aromatic heterocycles. The van der Waals surface area contributed by atoms with Crippen LogP contribution in [0.1, 0.15) is 27.6 Å². The summed E-state index contributed by atoms with van der Waals surface area (Å²) in [6.07, 6.45) is 1.69. The zero-order chi connectivity index (χ0) is 18.4. The molecule has 0 saturated carbocycles. The molecule has 26 heavy (non-hydrogen) atoms. The molecule has 0 spiro atoms. The maximum atomic E-state index is 13.7. The number of halogens is 2. The first kappa shape index (κ1) is 16.5. The van der Waals surface area contributed by atoms with Gasteiger partial charge in [0, 0.05) is 16.8 Å². The Balaban J connectivity index is 1.90. The number of benzene rings is 2. The normalized spacial score (nSPS) is 12.4. The highest BCUT2D eigenvalue weighted by molar-refractivity contribution is 6.30. The number of hydrogen-bond donors (Lipinski definition) is 1. The summed E-state index contributed by atoms with van der Waals surface area (Å²) in [7, 11) is 0. The van der Waals surface area contributed by atoms with Crippen molar-refractivity contribution in [2.45, 2.75) is 13.5 Å². The van der Waals surface area contributed by atoms with Crippen LogP contribution in [0, 0.1) is 12.7 Å². The van der Waals surface area contributed by atoms with Gasteiger partial charge in [-0.15, -0.1) is 0 Å². The lowest BCUT2D eigenvalue weighted by Gasteiger charge is -2.12. The molecule has 0 saturated heterocycles. The van der Waals surface area contributed by atoms with Gasteiger partial charge in [-0.1, -0.05) is 17.7 Å². The Morgan fingerprint density at radius 1 is 1.23 bits per heavy atom. The van der Waals surface area contributed by atoms with Crippen molar-refractivity contribution in [3.63, 3.8) is 0 Å².